The molecule has 2 amide bonds. The average Bonchev–Trinajstić information content (AvgIpc) is 2.28. The van der Waals surface area contributed by atoms with Crippen molar-refractivity contribution in [3.8, 4) is 0 Å². The lowest BCUT2D eigenvalue weighted by molar-refractivity contribution is -0.139. The molecule has 0 aliphatic heterocycles. The van der Waals surface area contributed by atoms with Crippen LogP contribution in [0.3, 0.4) is 0 Å². The van der Waals surface area contributed by atoms with Crippen LogP contribution >= 0.6 is 0 Å². The molecule has 0 bridgehead atoms. The van der Waals surface area contributed by atoms with E-state index >= 15 is 0 Å². The number of carbonyl (C=O) groups is 2. The van der Waals surface area contributed by atoms with Crippen LogP contribution in [0.15, 0.2) is 24.3 Å². The molecule has 102 valence electrons. The number of carbonyl (C=O) groups excluding carboxylic acids is 1. The molecule has 0 atom stereocenters. The standard InChI is InChI=1S/C13H17N3O3/c14-9-4-1-2-5-10(9)15-12(19)16-13(6-3-7-13)8-11(17)18/h1-2,4-5H,3,6-8,14H2,(H,17,18)(H2,15,16,19). The number of hydrogen-bond acceptors (Lipinski definition) is 3. The van der Waals surface area contributed by atoms with Crippen molar-refractivity contribution in [2.45, 2.75) is 31.2 Å². The number of nitrogens with two attached hydrogens (primary N) is 1. The predicted molar refractivity (Wildman–Crippen MR) is 71.8 cm³/mol. The van der Waals surface area contributed by atoms with E-state index in [2.05, 4.69) is 10.6 Å². The summed E-state index contributed by atoms with van der Waals surface area (Å²) in [5.41, 5.74) is 6.10. The summed E-state index contributed by atoms with van der Waals surface area (Å²) < 4.78 is 0. The van der Waals surface area contributed by atoms with Gasteiger partial charge in [0.1, 0.15) is 0 Å². The molecule has 1 aromatic rings. The van der Waals surface area contributed by atoms with Crippen LogP contribution in [-0.4, -0.2) is 22.6 Å². The SMILES string of the molecule is Nc1ccccc1NC(=O)NC1(CC(=O)O)CCC1. The molecule has 0 spiro atoms. The Balaban J connectivity index is 1.97. The van der Waals surface area contributed by atoms with Crippen molar-refractivity contribution in [1.82, 2.24) is 5.32 Å². The van der Waals surface area contributed by atoms with Crippen molar-refractivity contribution in [1.29, 1.82) is 0 Å². The second kappa shape index (κ2) is 5.17. The summed E-state index contributed by atoms with van der Waals surface area (Å²) in [5.74, 6) is -0.903. The van der Waals surface area contributed by atoms with Crippen LogP contribution in [0.25, 0.3) is 0 Å². The summed E-state index contributed by atoms with van der Waals surface area (Å²) in [7, 11) is 0. The second-order valence-corrected chi connectivity index (χ2v) is 4.87. The van der Waals surface area contributed by atoms with Gasteiger partial charge in [-0.25, -0.2) is 4.79 Å². The van der Waals surface area contributed by atoms with Crippen molar-refractivity contribution < 1.29 is 14.7 Å². The maximum Gasteiger partial charge on any atom is 0.319 e. The number of carboxylic acids is 1. The lowest BCUT2D eigenvalue weighted by Gasteiger charge is -2.41. The first-order chi connectivity index (χ1) is 9.01. The van der Waals surface area contributed by atoms with Gasteiger partial charge in [-0.15, -0.1) is 0 Å². The van der Waals surface area contributed by atoms with Gasteiger partial charge in [-0.2, -0.15) is 0 Å². The van der Waals surface area contributed by atoms with Gasteiger partial charge in [0.25, 0.3) is 0 Å². The number of aliphatic carboxylic acids is 1. The second-order valence-electron chi connectivity index (χ2n) is 4.87. The van der Waals surface area contributed by atoms with Gasteiger partial charge in [-0.3, -0.25) is 4.79 Å². The molecule has 5 N–H and O–H groups in total. The van der Waals surface area contributed by atoms with Crippen LogP contribution in [0.1, 0.15) is 25.7 Å². The Labute approximate surface area is 111 Å². The molecule has 0 heterocycles. The minimum absolute atomic E-state index is 0.0509. The molecule has 0 radical (unpaired) electrons. The fraction of sp³-hybridized carbons (Fsp3) is 0.385. The van der Waals surface area contributed by atoms with Crippen LogP contribution in [-0.2, 0) is 4.79 Å². The molecule has 1 saturated carbocycles. The van der Waals surface area contributed by atoms with E-state index in [9.17, 15) is 9.59 Å². The quantitative estimate of drug-likeness (QED) is 0.621. The smallest absolute Gasteiger partial charge is 0.319 e. The van der Waals surface area contributed by atoms with E-state index < -0.39 is 17.5 Å². The van der Waals surface area contributed by atoms with Gasteiger partial charge in [-0.1, -0.05) is 12.1 Å². The van der Waals surface area contributed by atoms with E-state index in [0.29, 0.717) is 24.2 Å². The highest BCUT2D eigenvalue weighted by atomic mass is 16.4. The number of urea groups is 1. The van der Waals surface area contributed by atoms with Gasteiger partial charge in [-0.05, 0) is 31.4 Å². The van der Waals surface area contributed by atoms with Crippen LogP contribution in [0.2, 0.25) is 0 Å². The lowest BCUT2D eigenvalue weighted by atomic mass is 9.74. The molecule has 0 aromatic heterocycles. The number of nitrogens with one attached hydrogen (secondary N) is 2. The Morgan fingerprint density at radius 3 is 2.53 bits per heavy atom. The molecule has 1 aliphatic carbocycles. The van der Waals surface area contributed by atoms with E-state index in [0.717, 1.165) is 6.42 Å². The summed E-state index contributed by atoms with van der Waals surface area (Å²) in [5, 5.41) is 14.3. The van der Waals surface area contributed by atoms with Crippen LogP contribution in [0, 0.1) is 0 Å². The molecule has 1 fully saturated rings. The molecule has 19 heavy (non-hydrogen) atoms. The highest BCUT2D eigenvalue weighted by molar-refractivity contribution is 5.93. The van der Waals surface area contributed by atoms with E-state index in [1.807, 2.05) is 0 Å². The van der Waals surface area contributed by atoms with Crippen LogP contribution in [0.4, 0.5) is 16.2 Å². The Hall–Kier alpha value is -2.24. The molecule has 1 aromatic carbocycles. The molecule has 0 saturated heterocycles. The molecule has 6 heteroatoms. The summed E-state index contributed by atoms with van der Waals surface area (Å²) >= 11 is 0. The summed E-state index contributed by atoms with van der Waals surface area (Å²) in [6.45, 7) is 0. The molecule has 1 aliphatic rings. The van der Waals surface area contributed by atoms with E-state index in [4.69, 9.17) is 10.8 Å². The average molecular weight is 263 g/mol. The third-order valence-corrected chi connectivity index (χ3v) is 3.39. The summed E-state index contributed by atoms with van der Waals surface area (Å²) in [6.07, 6.45) is 2.26. The fourth-order valence-electron chi connectivity index (χ4n) is 2.24. The van der Waals surface area contributed by atoms with Crippen LogP contribution in [0.5, 0.6) is 0 Å². The third-order valence-electron chi connectivity index (χ3n) is 3.39. The van der Waals surface area contributed by atoms with Gasteiger partial charge in [0.05, 0.1) is 23.3 Å². The number of nitrogen functional groups attached to an aromatic ring is 1. The minimum atomic E-state index is -0.903. The summed E-state index contributed by atoms with van der Waals surface area (Å²) in [4.78, 5) is 22.7. The number of para-hydroxylation sites is 2. The van der Waals surface area contributed by atoms with Crippen molar-refractivity contribution in [2.24, 2.45) is 0 Å². The molecule has 6 nitrogen and oxygen atoms in total. The molecule has 0 unspecified atom stereocenters. The molecular formula is C13H17N3O3. The number of amides is 2. The molecular weight excluding hydrogens is 246 g/mol. The number of rotatable bonds is 4. The number of carboxylic acid groups (broad SMARTS) is 1. The first-order valence-corrected chi connectivity index (χ1v) is 6.16. The zero-order chi connectivity index (χ0) is 13.9. The maximum absolute atomic E-state index is 11.9. The van der Waals surface area contributed by atoms with Crippen molar-refractivity contribution in [3.05, 3.63) is 24.3 Å². The highest BCUT2D eigenvalue weighted by Gasteiger charge is 2.40. The topological polar surface area (TPSA) is 104 Å². The Bertz CT molecular complexity index is 498. The van der Waals surface area contributed by atoms with Gasteiger partial charge < -0.3 is 21.5 Å². The zero-order valence-electron chi connectivity index (χ0n) is 10.5. The normalized spacial score (nSPS) is 16.2. The number of hydrogen-bond donors (Lipinski definition) is 4. The van der Waals surface area contributed by atoms with Gasteiger partial charge in [0.15, 0.2) is 0 Å². The Morgan fingerprint density at radius 1 is 1.32 bits per heavy atom. The fourth-order valence-corrected chi connectivity index (χ4v) is 2.24. The van der Waals surface area contributed by atoms with Crippen molar-refractivity contribution in [3.63, 3.8) is 0 Å². The Kier molecular flexibility index (Phi) is 3.59. The predicted octanol–water partition coefficient (Wildman–Crippen LogP) is 1.79. The van der Waals surface area contributed by atoms with Gasteiger partial charge >= 0.3 is 12.0 Å². The Morgan fingerprint density at radius 2 is 2.00 bits per heavy atom. The number of benzene rings is 1. The van der Waals surface area contributed by atoms with Crippen molar-refractivity contribution >= 4 is 23.4 Å². The lowest BCUT2D eigenvalue weighted by Crippen LogP contribution is -2.55. The first-order valence-electron chi connectivity index (χ1n) is 6.16. The largest absolute Gasteiger partial charge is 0.481 e. The van der Waals surface area contributed by atoms with E-state index in [-0.39, 0.29) is 6.42 Å². The highest BCUT2D eigenvalue weighted by Crippen LogP contribution is 2.35. The zero-order valence-corrected chi connectivity index (χ0v) is 10.5. The maximum atomic E-state index is 11.9. The third kappa shape index (κ3) is 3.15. The van der Waals surface area contributed by atoms with Crippen molar-refractivity contribution in [2.75, 3.05) is 11.1 Å². The minimum Gasteiger partial charge on any atom is -0.481 e. The van der Waals surface area contributed by atoms with Gasteiger partial charge in [0, 0.05) is 0 Å². The molecule has 2 rings (SSSR count). The summed E-state index contributed by atoms with van der Waals surface area (Å²) in [6, 6.07) is 6.50. The van der Waals surface area contributed by atoms with Crippen LogP contribution < -0.4 is 16.4 Å². The van der Waals surface area contributed by atoms with E-state index in [1.54, 1.807) is 24.3 Å². The first kappa shape index (κ1) is 13.2. The van der Waals surface area contributed by atoms with Gasteiger partial charge in [0.2, 0.25) is 0 Å². The van der Waals surface area contributed by atoms with E-state index in [1.165, 1.54) is 0 Å². The number of anilines is 2. The monoisotopic (exact) mass is 263 g/mol.